The zero-order chi connectivity index (χ0) is 20.0. The van der Waals surface area contributed by atoms with Crippen molar-refractivity contribution in [2.24, 2.45) is 0 Å². The molecule has 0 atom stereocenters. The minimum atomic E-state index is -0.689. The van der Waals surface area contributed by atoms with Crippen LogP contribution in [0.4, 0.5) is 0 Å². The van der Waals surface area contributed by atoms with Gasteiger partial charge in [-0.3, -0.25) is 4.79 Å². The van der Waals surface area contributed by atoms with Gasteiger partial charge >= 0.3 is 5.97 Å². The highest BCUT2D eigenvalue weighted by Gasteiger charge is 2.18. The Morgan fingerprint density at radius 3 is 2.30 bits per heavy atom. The first kappa shape index (κ1) is 20.9. The maximum Gasteiger partial charge on any atom is 0.338 e. The van der Waals surface area contributed by atoms with Crippen LogP contribution in [-0.4, -0.2) is 44.7 Å². The van der Waals surface area contributed by atoms with Gasteiger partial charge in [0.15, 0.2) is 18.1 Å². The molecular formula is C19H19Cl2NO5. The molecule has 0 fully saturated rings. The van der Waals surface area contributed by atoms with Gasteiger partial charge in [0.05, 0.1) is 24.8 Å². The standard InChI is InChI=1S/C19H19Cl2NO5/c1-22(10-12-4-6-14(20)7-5-12)17(23)11-27-19(24)13-8-15(21)18(26-3)16(9-13)25-2/h4-9H,10-11H2,1-3H3. The number of carbonyl (C=O) groups excluding carboxylic acids is 2. The number of esters is 1. The molecule has 2 aromatic carbocycles. The number of amides is 1. The molecule has 0 unspecified atom stereocenters. The van der Waals surface area contributed by atoms with Gasteiger partial charge in [0, 0.05) is 18.6 Å². The summed E-state index contributed by atoms with van der Waals surface area (Å²) in [5, 5.41) is 0.824. The van der Waals surface area contributed by atoms with E-state index in [9.17, 15) is 9.59 Å². The minimum Gasteiger partial charge on any atom is -0.493 e. The van der Waals surface area contributed by atoms with E-state index in [4.69, 9.17) is 37.4 Å². The Morgan fingerprint density at radius 1 is 1.04 bits per heavy atom. The van der Waals surface area contributed by atoms with E-state index in [0.29, 0.717) is 23.1 Å². The molecule has 0 saturated heterocycles. The molecule has 0 N–H and O–H groups in total. The van der Waals surface area contributed by atoms with Gasteiger partial charge in [0.25, 0.3) is 5.91 Å². The minimum absolute atomic E-state index is 0.158. The second-order valence-electron chi connectivity index (χ2n) is 5.65. The highest BCUT2D eigenvalue weighted by Crippen LogP contribution is 2.36. The normalized spacial score (nSPS) is 10.3. The van der Waals surface area contributed by atoms with Gasteiger partial charge in [-0.2, -0.15) is 0 Å². The van der Waals surface area contributed by atoms with Crippen molar-refractivity contribution in [1.29, 1.82) is 0 Å². The van der Waals surface area contributed by atoms with Crippen LogP contribution in [0.5, 0.6) is 11.5 Å². The second kappa shape index (κ2) is 9.48. The van der Waals surface area contributed by atoms with Crippen molar-refractivity contribution in [3.8, 4) is 11.5 Å². The van der Waals surface area contributed by atoms with Gasteiger partial charge in [-0.1, -0.05) is 35.3 Å². The van der Waals surface area contributed by atoms with Crippen LogP contribution in [-0.2, 0) is 16.1 Å². The van der Waals surface area contributed by atoms with Crippen molar-refractivity contribution < 1.29 is 23.8 Å². The summed E-state index contributed by atoms with van der Waals surface area (Å²) in [7, 11) is 4.49. The van der Waals surface area contributed by atoms with Gasteiger partial charge < -0.3 is 19.1 Å². The van der Waals surface area contributed by atoms with E-state index < -0.39 is 12.6 Å². The molecule has 2 aromatic rings. The Morgan fingerprint density at radius 2 is 1.70 bits per heavy atom. The summed E-state index contributed by atoms with van der Waals surface area (Å²) in [5.41, 5.74) is 1.07. The summed E-state index contributed by atoms with van der Waals surface area (Å²) in [6.07, 6.45) is 0. The first-order valence-corrected chi connectivity index (χ1v) is 8.68. The Bertz CT molecular complexity index is 824. The fourth-order valence-corrected chi connectivity index (χ4v) is 2.72. The van der Waals surface area contributed by atoms with Crippen LogP contribution >= 0.6 is 23.2 Å². The average Bonchev–Trinajstić information content (AvgIpc) is 2.66. The number of ether oxygens (including phenoxy) is 3. The third-order valence-corrected chi connectivity index (χ3v) is 4.29. The predicted molar refractivity (Wildman–Crippen MR) is 103 cm³/mol. The van der Waals surface area contributed by atoms with Crippen LogP contribution in [0.1, 0.15) is 15.9 Å². The quantitative estimate of drug-likeness (QED) is 0.647. The highest BCUT2D eigenvalue weighted by molar-refractivity contribution is 6.32. The molecule has 0 aromatic heterocycles. The summed E-state index contributed by atoms with van der Waals surface area (Å²) in [5.74, 6) is -0.423. The van der Waals surface area contributed by atoms with E-state index in [0.717, 1.165) is 5.56 Å². The SMILES string of the molecule is COc1cc(C(=O)OCC(=O)N(C)Cc2ccc(Cl)cc2)cc(Cl)c1OC. The van der Waals surface area contributed by atoms with Gasteiger partial charge in [0.2, 0.25) is 0 Å². The number of halogens is 2. The lowest BCUT2D eigenvalue weighted by molar-refractivity contribution is -0.133. The van der Waals surface area contributed by atoms with Crippen molar-refractivity contribution in [3.05, 3.63) is 57.6 Å². The number of carbonyl (C=O) groups is 2. The van der Waals surface area contributed by atoms with Crippen LogP contribution in [0, 0.1) is 0 Å². The maximum atomic E-state index is 12.2. The smallest absolute Gasteiger partial charge is 0.338 e. The highest BCUT2D eigenvalue weighted by atomic mass is 35.5. The van der Waals surface area contributed by atoms with Crippen molar-refractivity contribution in [2.45, 2.75) is 6.54 Å². The molecule has 0 saturated carbocycles. The molecular weight excluding hydrogens is 393 g/mol. The fraction of sp³-hybridized carbons (Fsp3) is 0.263. The van der Waals surface area contributed by atoms with Crippen LogP contribution in [0.15, 0.2) is 36.4 Å². The summed E-state index contributed by atoms with van der Waals surface area (Å²) >= 11 is 11.9. The third-order valence-electron chi connectivity index (χ3n) is 3.75. The predicted octanol–water partition coefficient (Wildman–Crippen LogP) is 3.83. The number of hydrogen-bond acceptors (Lipinski definition) is 5. The average molecular weight is 412 g/mol. The molecule has 6 nitrogen and oxygen atoms in total. The van der Waals surface area contributed by atoms with Crippen LogP contribution in [0.3, 0.4) is 0 Å². The largest absolute Gasteiger partial charge is 0.493 e. The molecule has 2 rings (SSSR count). The van der Waals surface area contributed by atoms with E-state index in [1.807, 2.05) is 12.1 Å². The monoisotopic (exact) mass is 411 g/mol. The van der Waals surface area contributed by atoms with Gasteiger partial charge in [0.1, 0.15) is 0 Å². The summed E-state index contributed by atoms with van der Waals surface area (Å²) in [4.78, 5) is 25.9. The zero-order valence-electron chi connectivity index (χ0n) is 15.1. The van der Waals surface area contributed by atoms with Crippen molar-refractivity contribution in [1.82, 2.24) is 4.90 Å². The van der Waals surface area contributed by atoms with Gasteiger partial charge in [-0.15, -0.1) is 0 Å². The van der Waals surface area contributed by atoms with Gasteiger partial charge in [-0.25, -0.2) is 4.79 Å². The van der Waals surface area contributed by atoms with Crippen molar-refractivity contribution in [2.75, 3.05) is 27.9 Å². The molecule has 27 heavy (non-hydrogen) atoms. The van der Waals surface area contributed by atoms with E-state index in [1.54, 1.807) is 19.2 Å². The molecule has 0 bridgehead atoms. The van der Waals surface area contributed by atoms with Crippen LogP contribution in [0.25, 0.3) is 0 Å². The molecule has 0 aliphatic heterocycles. The molecule has 0 heterocycles. The number of methoxy groups -OCH3 is 2. The second-order valence-corrected chi connectivity index (χ2v) is 6.49. The number of nitrogens with zero attached hydrogens (tertiary/aromatic N) is 1. The summed E-state index contributed by atoms with van der Waals surface area (Å²) in [6, 6.07) is 9.97. The zero-order valence-corrected chi connectivity index (χ0v) is 16.6. The lowest BCUT2D eigenvalue weighted by atomic mass is 10.2. The number of hydrogen-bond donors (Lipinski definition) is 0. The van der Waals surface area contributed by atoms with Crippen molar-refractivity contribution in [3.63, 3.8) is 0 Å². The van der Waals surface area contributed by atoms with E-state index >= 15 is 0 Å². The molecule has 0 aliphatic carbocycles. The van der Waals surface area contributed by atoms with E-state index in [2.05, 4.69) is 0 Å². The first-order valence-electron chi connectivity index (χ1n) is 7.92. The van der Waals surface area contributed by atoms with E-state index in [-0.39, 0.29) is 16.5 Å². The van der Waals surface area contributed by atoms with Crippen LogP contribution < -0.4 is 9.47 Å². The Hall–Kier alpha value is -2.44. The lowest BCUT2D eigenvalue weighted by Crippen LogP contribution is -2.30. The molecule has 0 spiro atoms. The molecule has 1 amide bonds. The summed E-state index contributed by atoms with van der Waals surface area (Å²) in [6.45, 7) is -0.0232. The molecule has 144 valence electrons. The number of rotatable bonds is 7. The number of likely N-dealkylation sites (N-methyl/N-ethyl adjacent to an activating group) is 1. The topological polar surface area (TPSA) is 65.1 Å². The van der Waals surface area contributed by atoms with Crippen LogP contribution in [0.2, 0.25) is 10.0 Å². The Balaban J connectivity index is 1.97. The number of benzene rings is 2. The lowest BCUT2D eigenvalue weighted by Gasteiger charge is -2.17. The molecule has 0 radical (unpaired) electrons. The Labute approximate surface area is 167 Å². The van der Waals surface area contributed by atoms with E-state index in [1.165, 1.54) is 31.3 Å². The maximum absolute atomic E-state index is 12.2. The molecule has 0 aliphatic rings. The first-order chi connectivity index (χ1) is 12.8. The fourth-order valence-electron chi connectivity index (χ4n) is 2.31. The van der Waals surface area contributed by atoms with Gasteiger partial charge in [-0.05, 0) is 29.8 Å². The summed E-state index contributed by atoms with van der Waals surface area (Å²) < 4.78 is 15.4. The molecule has 8 heteroatoms. The Kier molecular flexibility index (Phi) is 7.33. The third kappa shape index (κ3) is 5.52. The van der Waals surface area contributed by atoms with Crippen molar-refractivity contribution >= 4 is 35.1 Å².